The van der Waals surface area contributed by atoms with Gasteiger partial charge in [-0.1, -0.05) is 12.1 Å². The third-order valence-electron chi connectivity index (χ3n) is 6.13. The van der Waals surface area contributed by atoms with E-state index in [0.717, 1.165) is 49.3 Å². The van der Waals surface area contributed by atoms with Gasteiger partial charge in [-0.15, -0.1) is 0 Å². The van der Waals surface area contributed by atoms with Crippen molar-refractivity contribution in [1.29, 1.82) is 0 Å². The van der Waals surface area contributed by atoms with Crippen molar-refractivity contribution in [1.82, 2.24) is 19.8 Å². The van der Waals surface area contributed by atoms with Crippen LogP contribution in [0.15, 0.2) is 30.5 Å². The van der Waals surface area contributed by atoms with Gasteiger partial charge in [0, 0.05) is 38.0 Å². The number of rotatable bonds is 6. The van der Waals surface area contributed by atoms with Crippen LogP contribution in [0.5, 0.6) is 0 Å². The van der Waals surface area contributed by atoms with Crippen LogP contribution in [0.3, 0.4) is 0 Å². The number of nitrogens with zero attached hydrogens (tertiary/aromatic N) is 5. The van der Waals surface area contributed by atoms with E-state index in [4.69, 9.17) is 10.7 Å². The Kier molecular flexibility index (Phi) is 6.18. The van der Waals surface area contributed by atoms with Gasteiger partial charge in [0.1, 0.15) is 0 Å². The van der Waals surface area contributed by atoms with E-state index >= 15 is 0 Å². The van der Waals surface area contributed by atoms with Crippen molar-refractivity contribution in [2.75, 3.05) is 45.2 Å². The summed E-state index contributed by atoms with van der Waals surface area (Å²) in [5, 5.41) is 0. The Labute approximate surface area is 183 Å². The molecule has 8 heteroatoms. The number of nitrogens with two attached hydrogens (primary N) is 1. The van der Waals surface area contributed by atoms with Gasteiger partial charge in [-0.05, 0) is 56.5 Å². The zero-order chi connectivity index (χ0) is 22.0. The summed E-state index contributed by atoms with van der Waals surface area (Å²) in [7, 11) is 3.82. The lowest BCUT2D eigenvalue weighted by atomic mass is 9.98. The van der Waals surface area contributed by atoms with E-state index in [1.54, 1.807) is 12.1 Å². The van der Waals surface area contributed by atoms with Gasteiger partial charge >= 0.3 is 0 Å². The Morgan fingerprint density at radius 3 is 2.45 bits per heavy atom. The standard InChI is InChI=1S/C23H30N6O2/c1-27(2)23-25-14-18(16-7-9-17(10-8-16)22(24)31)21(26-23)19-6-5-13-29(19)20(30)15-28-11-3-4-12-28/h7-10,14,19H,3-6,11-13,15H2,1-2H3,(H2,24,31)/t19-/m0/s1. The first-order valence-corrected chi connectivity index (χ1v) is 10.9. The van der Waals surface area contributed by atoms with E-state index in [-0.39, 0.29) is 11.9 Å². The number of aromatic nitrogens is 2. The molecule has 0 radical (unpaired) electrons. The molecule has 1 aromatic heterocycles. The molecule has 31 heavy (non-hydrogen) atoms. The molecule has 0 bridgehead atoms. The Morgan fingerprint density at radius 1 is 1.10 bits per heavy atom. The zero-order valence-corrected chi connectivity index (χ0v) is 18.3. The molecule has 2 aliphatic rings. The average Bonchev–Trinajstić information content (AvgIpc) is 3.45. The third-order valence-corrected chi connectivity index (χ3v) is 6.13. The number of hydrogen-bond acceptors (Lipinski definition) is 6. The SMILES string of the molecule is CN(C)c1ncc(-c2ccc(C(N)=O)cc2)c([C@@H]2CCCN2C(=O)CN2CCCC2)n1. The predicted octanol–water partition coefficient (Wildman–Crippen LogP) is 2.07. The highest BCUT2D eigenvalue weighted by Gasteiger charge is 2.34. The summed E-state index contributed by atoms with van der Waals surface area (Å²) >= 11 is 0. The number of amides is 2. The predicted molar refractivity (Wildman–Crippen MR) is 120 cm³/mol. The molecule has 164 valence electrons. The summed E-state index contributed by atoms with van der Waals surface area (Å²) in [5.41, 5.74) is 8.49. The first-order valence-electron chi connectivity index (χ1n) is 10.9. The van der Waals surface area contributed by atoms with E-state index in [9.17, 15) is 9.59 Å². The lowest BCUT2D eigenvalue weighted by Crippen LogP contribution is -2.39. The molecule has 2 saturated heterocycles. The summed E-state index contributed by atoms with van der Waals surface area (Å²) in [5.74, 6) is 0.330. The number of likely N-dealkylation sites (tertiary alicyclic amines) is 2. The second-order valence-electron chi connectivity index (χ2n) is 8.53. The number of anilines is 1. The first-order chi connectivity index (χ1) is 14.9. The molecule has 0 saturated carbocycles. The lowest BCUT2D eigenvalue weighted by molar-refractivity contribution is -0.133. The Bertz CT molecular complexity index is 953. The maximum absolute atomic E-state index is 13.2. The van der Waals surface area contributed by atoms with Crippen molar-refractivity contribution in [2.24, 2.45) is 5.73 Å². The van der Waals surface area contributed by atoms with Gasteiger partial charge in [-0.2, -0.15) is 0 Å². The maximum atomic E-state index is 13.2. The number of hydrogen-bond donors (Lipinski definition) is 1. The molecule has 0 spiro atoms. The minimum Gasteiger partial charge on any atom is -0.366 e. The van der Waals surface area contributed by atoms with Gasteiger partial charge in [-0.25, -0.2) is 9.97 Å². The van der Waals surface area contributed by atoms with E-state index in [1.165, 1.54) is 12.8 Å². The normalized spacial score (nSPS) is 19.0. The van der Waals surface area contributed by atoms with E-state index in [1.807, 2.05) is 42.2 Å². The minimum absolute atomic E-state index is 0.0809. The average molecular weight is 423 g/mol. The van der Waals surface area contributed by atoms with Crippen molar-refractivity contribution in [3.8, 4) is 11.1 Å². The van der Waals surface area contributed by atoms with Crippen LogP contribution in [0.4, 0.5) is 5.95 Å². The van der Waals surface area contributed by atoms with Crippen LogP contribution in [-0.4, -0.2) is 71.9 Å². The van der Waals surface area contributed by atoms with Crippen LogP contribution >= 0.6 is 0 Å². The molecule has 2 aliphatic heterocycles. The summed E-state index contributed by atoms with van der Waals surface area (Å²) < 4.78 is 0. The molecule has 2 N–H and O–H groups in total. The van der Waals surface area contributed by atoms with Gasteiger partial charge in [0.15, 0.2) is 0 Å². The van der Waals surface area contributed by atoms with Crippen LogP contribution in [0, 0.1) is 0 Å². The molecular weight excluding hydrogens is 392 g/mol. The van der Waals surface area contributed by atoms with Crippen LogP contribution in [-0.2, 0) is 4.79 Å². The Balaban J connectivity index is 1.68. The summed E-state index contributed by atoms with van der Waals surface area (Å²) in [6, 6.07) is 7.08. The zero-order valence-electron chi connectivity index (χ0n) is 18.3. The van der Waals surface area contributed by atoms with Crippen LogP contribution in [0.1, 0.15) is 47.8 Å². The monoisotopic (exact) mass is 422 g/mol. The Hall–Kier alpha value is -3.00. The lowest BCUT2D eigenvalue weighted by Gasteiger charge is -2.28. The Morgan fingerprint density at radius 2 is 1.81 bits per heavy atom. The van der Waals surface area contributed by atoms with Crippen molar-refractivity contribution in [3.05, 3.63) is 41.7 Å². The molecule has 3 heterocycles. The molecule has 1 atom stereocenters. The molecule has 1 aromatic carbocycles. The maximum Gasteiger partial charge on any atom is 0.248 e. The second-order valence-corrected chi connectivity index (χ2v) is 8.53. The largest absolute Gasteiger partial charge is 0.366 e. The van der Waals surface area contributed by atoms with Gasteiger partial charge in [0.05, 0.1) is 18.3 Å². The fourth-order valence-electron chi connectivity index (χ4n) is 4.46. The fourth-order valence-corrected chi connectivity index (χ4v) is 4.46. The molecule has 8 nitrogen and oxygen atoms in total. The smallest absolute Gasteiger partial charge is 0.248 e. The van der Waals surface area contributed by atoms with Gasteiger partial charge < -0.3 is 15.5 Å². The fraction of sp³-hybridized carbons (Fsp3) is 0.478. The summed E-state index contributed by atoms with van der Waals surface area (Å²) in [4.78, 5) is 40.1. The van der Waals surface area contributed by atoms with Gasteiger partial charge in [0.2, 0.25) is 17.8 Å². The minimum atomic E-state index is -0.458. The highest BCUT2D eigenvalue weighted by molar-refractivity contribution is 5.93. The van der Waals surface area contributed by atoms with Crippen LogP contribution in [0.25, 0.3) is 11.1 Å². The van der Waals surface area contributed by atoms with Gasteiger partial charge in [0.25, 0.3) is 0 Å². The van der Waals surface area contributed by atoms with Crippen LogP contribution in [0.2, 0.25) is 0 Å². The number of primary amides is 1. The molecule has 2 aromatic rings. The van der Waals surface area contributed by atoms with E-state index < -0.39 is 5.91 Å². The van der Waals surface area contributed by atoms with Crippen molar-refractivity contribution in [3.63, 3.8) is 0 Å². The molecule has 2 fully saturated rings. The second kappa shape index (κ2) is 9.01. The topological polar surface area (TPSA) is 95.7 Å². The van der Waals surface area contributed by atoms with E-state index in [0.29, 0.717) is 18.1 Å². The number of benzene rings is 1. The van der Waals surface area contributed by atoms with Crippen molar-refractivity contribution < 1.29 is 9.59 Å². The summed E-state index contributed by atoms with van der Waals surface area (Å²) in [6.45, 7) is 3.23. The van der Waals surface area contributed by atoms with Crippen molar-refractivity contribution in [2.45, 2.75) is 31.7 Å². The summed E-state index contributed by atoms with van der Waals surface area (Å²) in [6.07, 6.45) is 5.98. The van der Waals surface area contributed by atoms with E-state index in [2.05, 4.69) is 9.88 Å². The highest BCUT2D eigenvalue weighted by atomic mass is 16.2. The molecule has 2 amide bonds. The molecule has 0 unspecified atom stereocenters. The van der Waals surface area contributed by atoms with Gasteiger partial charge in [-0.3, -0.25) is 14.5 Å². The molecule has 0 aliphatic carbocycles. The third kappa shape index (κ3) is 4.54. The van der Waals surface area contributed by atoms with Crippen molar-refractivity contribution >= 4 is 17.8 Å². The highest BCUT2D eigenvalue weighted by Crippen LogP contribution is 2.37. The quantitative estimate of drug-likeness (QED) is 0.766. The number of carbonyl (C=O) groups excluding carboxylic acids is 2. The number of carbonyl (C=O) groups is 2. The molecule has 4 rings (SSSR count). The molecular formula is C23H30N6O2. The first kappa shape index (κ1) is 21.2. The van der Waals surface area contributed by atoms with Crippen LogP contribution < -0.4 is 10.6 Å².